The van der Waals surface area contributed by atoms with Gasteiger partial charge in [-0.25, -0.2) is 9.69 Å². The summed E-state index contributed by atoms with van der Waals surface area (Å²) in [6.45, 7) is 4.52. The number of imide groups is 2. The van der Waals surface area contributed by atoms with Gasteiger partial charge in [0.25, 0.3) is 11.8 Å². The van der Waals surface area contributed by atoms with E-state index in [9.17, 15) is 14.4 Å². The van der Waals surface area contributed by atoms with E-state index < -0.39 is 17.8 Å². The van der Waals surface area contributed by atoms with Gasteiger partial charge >= 0.3 is 6.03 Å². The molecule has 0 bridgehead atoms. The van der Waals surface area contributed by atoms with Gasteiger partial charge in [0.05, 0.1) is 12.3 Å². The Balaban J connectivity index is 1.33. The van der Waals surface area contributed by atoms with Gasteiger partial charge in [-0.1, -0.05) is 79.7 Å². The lowest BCUT2D eigenvalue weighted by Gasteiger charge is -2.44. The fraction of sp³-hybridized carbons (Fsp3) is 0.237. The third-order valence-electron chi connectivity index (χ3n) is 9.02. The summed E-state index contributed by atoms with van der Waals surface area (Å²) in [7, 11) is 0. The molecule has 45 heavy (non-hydrogen) atoms. The average Bonchev–Trinajstić information content (AvgIpc) is 3.07. The number of rotatable bonds is 7. The number of amides is 4. The molecule has 0 saturated carbocycles. The van der Waals surface area contributed by atoms with Crippen molar-refractivity contribution >= 4 is 35.3 Å². The highest BCUT2D eigenvalue weighted by molar-refractivity contribution is 6.39. The first-order chi connectivity index (χ1) is 22.0. The van der Waals surface area contributed by atoms with Gasteiger partial charge in [-0.3, -0.25) is 14.9 Å². The predicted molar refractivity (Wildman–Crippen MR) is 176 cm³/mol. The molecule has 0 unspecified atom stereocenters. The number of barbiturate groups is 1. The van der Waals surface area contributed by atoms with Crippen LogP contribution in [0.5, 0.6) is 5.75 Å². The number of nitrogens with zero attached hydrogens (tertiary/aromatic N) is 2. The molecule has 0 aliphatic carbocycles. The SMILES string of the molecule is CCCOc1ccc(/C=C2\C(=O)NC(=O)N(c3cc4c5c(c3)[C@H](c3ccccc3)CCN5CC[C@H]4c3ccccc3)C2=O)cc1. The minimum Gasteiger partial charge on any atom is -0.494 e. The highest BCUT2D eigenvalue weighted by Crippen LogP contribution is 2.50. The van der Waals surface area contributed by atoms with E-state index in [4.69, 9.17) is 4.74 Å². The van der Waals surface area contributed by atoms with Gasteiger partial charge in [0, 0.05) is 30.6 Å². The fourth-order valence-electron chi connectivity index (χ4n) is 6.91. The first kappa shape index (κ1) is 28.6. The van der Waals surface area contributed by atoms with Gasteiger partial charge in [0.1, 0.15) is 11.3 Å². The first-order valence-electron chi connectivity index (χ1n) is 15.7. The van der Waals surface area contributed by atoms with Crippen molar-refractivity contribution < 1.29 is 19.1 Å². The molecule has 4 aromatic rings. The Morgan fingerprint density at radius 3 is 1.93 bits per heavy atom. The van der Waals surface area contributed by atoms with Gasteiger partial charge < -0.3 is 9.64 Å². The molecule has 4 aromatic carbocycles. The molecule has 1 N–H and O–H groups in total. The minimum atomic E-state index is -0.742. The van der Waals surface area contributed by atoms with Gasteiger partial charge in [0.2, 0.25) is 0 Å². The predicted octanol–water partition coefficient (Wildman–Crippen LogP) is 7.02. The minimum absolute atomic E-state index is 0.0935. The second-order valence-corrected chi connectivity index (χ2v) is 11.8. The second-order valence-electron chi connectivity index (χ2n) is 11.8. The summed E-state index contributed by atoms with van der Waals surface area (Å²) in [6.07, 6.45) is 4.28. The van der Waals surface area contributed by atoms with Crippen molar-refractivity contribution in [3.05, 3.63) is 130 Å². The van der Waals surface area contributed by atoms with E-state index in [1.54, 1.807) is 12.1 Å². The molecule has 3 heterocycles. The number of benzene rings is 4. The molecule has 2 atom stereocenters. The van der Waals surface area contributed by atoms with E-state index in [1.807, 2.05) is 43.3 Å². The van der Waals surface area contributed by atoms with Crippen LogP contribution in [-0.2, 0) is 9.59 Å². The monoisotopic (exact) mass is 597 g/mol. The van der Waals surface area contributed by atoms with E-state index >= 15 is 0 Å². The van der Waals surface area contributed by atoms with E-state index in [0.717, 1.165) is 48.4 Å². The molecule has 3 aliphatic heterocycles. The van der Waals surface area contributed by atoms with Gasteiger partial charge in [-0.05, 0) is 77.4 Å². The van der Waals surface area contributed by atoms with Crippen LogP contribution in [-0.4, -0.2) is 37.5 Å². The quantitative estimate of drug-likeness (QED) is 0.183. The molecule has 0 radical (unpaired) electrons. The third-order valence-corrected chi connectivity index (χ3v) is 9.02. The van der Waals surface area contributed by atoms with Crippen LogP contribution in [0, 0.1) is 0 Å². The number of carbonyl (C=O) groups is 3. The topological polar surface area (TPSA) is 79.0 Å². The first-order valence-corrected chi connectivity index (χ1v) is 15.7. The summed E-state index contributed by atoms with van der Waals surface area (Å²) < 4.78 is 5.67. The summed E-state index contributed by atoms with van der Waals surface area (Å²) in [5.74, 6) is -0.411. The highest BCUT2D eigenvalue weighted by Gasteiger charge is 2.40. The van der Waals surface area contributed by atoms with Crippen molar-refractivity contribution in [2.45, 2.75) is 38.0 Å². The summed E-state index contributed by atoms with van der Waals surface area (Å²) in [5, 5.41) is 2.42. The molecule has 226 valence electrons. The van der Waals surface area contributed by atoms with E-state index in [-0.39, 0.29) is 17.4 Å². The molecule has 1 saturated heterocycles. The Hall–Kier alpha value is -5.17. The van der Waals surface area contributed by atoms with Crippen LogP contribution in [0.15, 0.2) is 103 Å². The number of ether oxygens (including phenoxy) is 1. The summed E-state index contributed by atoms with van der Waals surface area (Å²) in [6, 6.07) is 31.3. The zero-order valence-electron chi connectivity index (χ0n) is 25.2. The van der Waals surface area contributed by atoms with Crippen LogP contribution in [0.4, 0.5) is 16.2 Å². The lowest BCUT2D eigenvalue weighted by Crippen LogP contribution is -2.54. The molecule has 1 fully saturated rings. The molecule has 7 rings (SSSR count). The molecular weight excluding hydrogens is 562 g/mol. The van der Waals surface area contributed by atoms with Crippen molar-refractivity contribution in [1.82, 2.24) is 5.32 Å². The zero-order valence-corrected chi connectivity index (χ0v) is 25.2. The standard InChI is InChI=1S/C38H35N3O4/c1-2-21-45-29-15-13-25(14-16-29)22-34-36(42)39-38(44)41(37(34)43)28-23-32-30(26-9-5-3-6-10-26)17-19-40-20-18-31(33(24-28)35(32)40)27-11-7-4-8-12-27/h3-16,22-24,30-31H,2,17-21H2,1H3,(H,39,42,44)/b34-22+/t30-,31-/m0/s1. The Kier molecular flexibility index (Phi) is 7.67. The lowest BCUT2D eigenvalue weighted by atomic mass is 9.76. The molecule has 3 aliphatic rings. The van der Waals surface area contributed by atoms with Crippen molar-refractivity contribution in [2.75, 3.05) is 29.5 Å². The normalized spacial score (nSPS) is 20.2. The van der Waals surface area contributed by atoms with E-state index in [1.165, 1.54) is 22.9 Å². The molecule has 0 spiro atoms. The maximum atomic E-state index is 14.0. The molecule has 4 amide bonds. The van der Waals surface area contributed by atoms with Gasteiger partial charge in [-0.15, -0.1) is 0 Å². The molecule has 0 aromatic heterocycles. The number of carbonyl (C=O) groups excluding carboxylic acids is 3. The summed E-state index contributed by atoms with van der Waals surface area (Å²) >= 11 is 0. The number of urea groups is 1. The van der Waals surface area contributed by atoms with Crippen LogP contribution >= 0.6 is 0 Å². The zero-order chi connectivity index (χ0) is 30.9. The van der Waals surface area contributed by atoms with Crippen LogP contribution in [0.3, 0.4) is 0 Å². The van der Waals surface area contributed by atoms with Crippen LogP contribution < -0.4 is 19.9 Å². The number of hydrogen-bond acceptors (Lipinski definition) is 5. The van der Waals surface area contributed by atoms with Crippen molar-refractivity contribution in [1.29, 1.82) is 0 Å². The maximum Gasteiger partial charge on any atom is 0.335 e. The molecular formula is C38H35N3O4. The third kappa shape index (κ3) is 5.39. The van der Waals surface area contributed by atoms with Crippen LogP contribution in [0.1, 0.15) is 65.8 Å². The Morgan fingerprint density at radius 1 is 0.800 bits per heavy atom. The number of hydrogen-bond donors (Lipinski definition) is 1. The molecule has 7 nitrogen and oxygen atoms in total. The lowest BCUT2D eigenvalue weighted by molar-refractivity contribution is -0.122. The van der Waals surface area contributed by atoms with Crippen LogP contribution in [0.25, 0.3) is 6.08 Å². The van der Waals surface area contributed by atoms with E-state index in [0.29, 0.717) is 23.6 Å². The summed E-state index contributed by atoms with van der Waals surface area (Å²) in [4.78, 5) is 44.1. The number of nitrogens with one attached hydrogen (secondary N) is 1. The van der Waals surface area contributed by atoms with Crippen molar-refractivity contribution in [2.24, 2.45) is 0 Å². The fourth-order valence-corrected chi connectivity index (χ4v) is 6.91. The number of anilines is 2. The highest BCUT2D eigenvalue weighted by atomic mass is 16.5. The van der Waals surface area contributed by atoms with Gasteiger partial charge in [-0.2, -0.15) is 0 Å². The Labute approximate surface area is 263 Å². The Bertz CT molecular complexity index is 1710. The van der Waals surface area contributed by atoms with Crippen molar-refractivity contribution in [3.8, 4) is 5.75 Å². The maximum absolute atomic E-state index is 14.0. The van der Waals surface area contributed by atoms with Crippen molar-refractivity contribution in [3.63, 3.8) is 0 Å². The average molecular weight is 598 g/mol. The van der Waals surface area contributed by atoms with Crippen LogP contribution in [0.2, 0.25) is 0 Å². The largest absolute Gasteiger partial charge is 0.494 e. The second kappa shape index (κ2) is 12.1. The van der Waals surface area contributed by atoms with Gasteiger partial charge in [0.15, 0.2) is 0 Å². The molecule has 7 heteroatoms. The smallest absolute Gasteiger partial charge is 0.335 e. The Morgan fingerprint density at radius 2 is 1.38 bits per heavy atom. The van der Waals surface area contributed by atoms with E-state index in [2.05, 4.69) is 58.7 Å². The summed E-state index contributed by atoms with van der Waals surface area (Å²) in [5.41, 5.74) is 6.85.